The summed E-state index contributed by atoms with van der Waals surface area (Å²) >= 11 is 0. The van der Waals surface area contributed by atoms with Crippen molar-refractivity contribution in [1.82, 2.24) is 25.1 Å². The summed E-state index contributed by atoms with van der Waals surface area (Å²) in [4.78, 5) is 50.3. The number of amides is 3. The standard InChI is InChI=1S/C25H31N5O3/c1-17-21(24(32)27-15-19-7-4-3-5-8-19)16-26-23(28-17)22-9-6-12-30(22)25(33)20-10-13-29(14-11-20)18(2)31/h3-5,7-8,16,20,22H,6,9-15H2,1-2H3,(H,27,32)/t22-/m1/s1. The summed E-state index contributed by atoms with van der Waals surface area (Å²) in [5.74, 6) is 0.521. The summed E-state index contributed by atoms with van der Waals surface area (Å²) in [6.45, 7) is 5.77. The molecule has 0 aliphatic carbocycles. The van der Waals surface area contributed by atoms with Gasteiger partial charge >= 0.3 is 0 Å². The van der Waals surface area contributed by atoms with Crippen LogP contribution in [0.4, 0.5) is 0 Å². The van der Waals surface area contributed by atoms with Crippen LogP contribution in [0.25, 0.3) is 0 Å². The van der Waals surface area contributed by atoms with E-state index in [2.05, 4.69) is 15.3 Å². The van der Waals surface area contributed by atoms with E-state index in [0.29, 0.717) is 56.1 Å². The van der Waals surface area contributed by atoms with Crippen LogP contribution < -0.4 is 5.32 Å². The average Bonchev–Trinajstić information content (AvgIpc) is 3.32. The van der Waals surface area contributed by atoms with E-state index in [-0.39, 0.29) is 29.7 Å². The molecular weight excluding hydrogens is 418 g/mol. The molecule has 2 aliphatic rings. The number of nitrogens with one attached hydrogen (secondary N) is 1. The Labute approximate surface area is 194 Å². The first-order chi connectivity index (χ1) is 15.9. The highest BCUT2D eigenvalue weighted by Crippen LogP contribution is 2.33. The summed E-state index contributed by atoms with van der Waals surface area (Å²) in [6, 6.07) is 9.57. The first-order valence-corrected chi connectivity index (χ1v) is 11.7. The summed E-state index contributed by atoms with van der Waals surface area (Å²) in [5.41, 5.74) is 2.08. The van der Waals surface area contributed by atoms with Gasteiger partial charge in [0.2, 0.25) is 11.8 Å². The number of benzene rings is 1. The minimum absolute atomic E-state index is 0.0645. The number of rotatable bonds is 5. The molecule has 2 aliphatic heterocycles. The lowest BCUT2D eigenvalue weighted by atomic mass is 9.95. The third kappa shape index (κ3) is 5.21. The van der Waals surface area contributed by atoms with E-state index >= 15 is 0 Å². The maximum atomic E-state index is 13.2. The van der Waals surface area contributed by atoms with Gasteiger partial charge in [-0.05, 0) is 38.2 Å². The number of aryl methyl sites for hydroxylation is 1. The van der Waals surface area contributed by atoms with Crippen LogP contribution in [0.15, 0.2) is 36.5 Å². The molecule has 2 fully saturated rings. The highest BCUT2D eigenvalue weighted by atomic mass is 16.2. The number of carbonyl (C=O) groups excluding carboxylic acids is 3. The van der Waals surface area contributed by atoms with E-state index in [4.69, 9.17) is 0 Å². The number of hydrogen-bond acceptors (Lipinski definition) is 5. The van der Waals surface area contributed by atoms with Gasteiger partial charge in [0.15, 0.2) is 5.82 Å². The normalized spacial score (nSPS) is 18.9. The lowest BCUT2D eigenvalue weighted by Crippen LogP contribution is -2.43. The zero-order valence-corrected chi connectivity index (χ0v) is 19.3. The van der Waals surface area contributed by atoms with Crippen molar-refractivity contribution in [3.63, 3.8) is 0 Å². The zero-order chi connectivity index (χ0) is 23.4. The van der Waals surface area contributed by atoms with Crippen LogP contribution in [-0.4, -0.2) is 57.1 Å². The minimum atomic E-state index is -0.209. The molecule has 8 heteroatoms. The molecule has 0 saturated carbocycles. The lowest BCUT2D eigenvalue weighted by Gasteiger charge is -2.34. The molecule has 0 bridgehead atoms. The predicted octanol–water partition coefficient (Wildman–Crippen LogP) is 2.64. The Morgan fingerprint density at radius 2 is 1.79 bits per heavy atom. The molecule has 1 N–H and O–H groups in total. The van der Waals surface area contributed by atoms with Crippen molar-refractivity contribution in [2.75, 3.05) is 19.6 Å². The Kier molecular flexibility index (Phi) is 7.01. The predicted molar refractivity (Wildman–Crippen MR) is 123 cm³/mol. The first kappa shape index (κ1) is 22.9. The Morgan fingerprint density at radius 1 is 1.06 bits per heavy atom. The molecule has 0 radical (unpaired) electrons. The number of nitrogens with zero attached hydrogens (tertiary/aromatic N) is 4. The van der Waals surface area contributed by atoms with E-state index in [9.17, 15) is 14.4 Å². The summed E-state index contributed by atoms with van der Waals surface area (Å²) in [5, 5.41) is 2.92. The molecule has 2 aromatic rings. The fourth-order valence-electron chi connectivity index (χ4n) is 4.72. The molecule has 1 atom stereocenters. The Bertz CT molecular complexity index is 1020. The van der Waals surface area contributed by atoms with Crippen molar-refractivity contribution in [2.45, 2.75) is 52.1 Å². The van der Waals surface area contributed by atoms with Crippen LogP contribution in [0.3, 0.4) is 0 Å². The van der Waals surface area contributed by atoms with Gasteiger partial charge < -0.3 is 15.1 Å². The molecule has 4 rings (SSSR count). The molecule has 174 valence electrons. The van der Waals surface area contributed by atoms with Gasteiger partial charge in [-0.3, -0.25) is 14.4 Å². The van der Waals surface area contributed by atoms with Crippen molar-refractivity contribution in [3.05, 3.63) is 59.2 Å². The largest absolute Gasteiger partial charge is 0.348 e. The zero-order valence-electron chi connectivity index (χ0n) is 19.3. The van der Waals surface area contributed by atoms with Crippen LogP contribution in [0.5, 0.6) is 0 Å². The second kappa shape index (κ2) is 10.1. The molecule has 3 heterocycles. The fourth-order valence-corrected chi connectivity index (χ4v) is 4.72. The number of hydrogen-bond donors (Lipinski definition) is 1. The maximum absolute atomic E-state index is 13.2. The van der Waals surface area contributed by atoms with E-state index in [1.54, 1.807) is 24.9 Å². The number of aromatic nitrogens is 2. The van der Waals surface area contributed by atoms with Crippen LogP contribution in [0.1, 0.15) is 66.1 Å². The van der Waals surface area contributed by atoms with E-state index in [1.165, 1.54) is 0 Å². The van der Waals surface area contributed by atoms with Crippen LogP contribution in [-0.2, 0) is 16.1 Å². The fraction of sp³-hybridized carbons (Fsp3) is 0.480. The molecule has 1 aromatic heterocycles. The summed E-state index contributed by atoms with van der Waals surface area (Å²) in [7, 11) is 0. The Balaban J connectivity index is 1.40. The second-order valence-electron chi connectivity index (χ2n) is 8.87. The average molecular weight is 450 g/mol. The molecule has 3 amide bonds. The highest BCUT2D eigenvalue weighted by Gasteiger charge is 2.37. The molecule has 33 heavy (non-hydrogen) atoms. The van der Waals surface area contributed by atoms with Crippen molar-refractivity contribution >= 4 is 17.7 Å². The smallest absolute Gasteiger partial charge is 0.254 e. The van der Waals surface area contributed by atoms with Gasteiger partial charge in [-0.15, -0.1) is 0 Å². The maximum Gasteiger partial charge on any atom is 0.254 e. The SMILES string of the molecule is CC(=O)N1CCC(C(=O)N2CCC[C@@H]2c2ncc(C(=O)NCc3ccccc3)c(C)n2)CC1. The van der Waals surface area contributed by atoms with Gasteiger partial charge in [-0.1, -0.05) is 30.3 Å². The van der Waals surface area contributed by atoms with Gasteiger partial charge in [0.05, 0.1) is 17.3 Å². The first-order valence-electron chi connectivity index (χ1n) is 11.7. The molecule has 0 spiro atoms. The Morgan fingerprint density at radius 3 is 2.45 bits per heavy atom. The second-order valence-corrected chi connectivity index (χ2v) is 8.87. The van der Waals surface area contributed by atoms with Crippen molar-refractivity contribution in [3.8, 4) is 0 Å². The highest BCUT2D eigenvalue weighted by molar-refractivity contribution is 5.94. The van der Waals surface area contributed by atoms with Gasteiger partial charge in [0.25, 0.3) is 5.91 Å². The minimum Gasteiger partial charge on any atom is -0.348 e. The van der Waals surface area contributed by atoms with Gasteiger partial charge in [0, 0.05) is 45.2 Å². The van der Waals surface area contributed by atoms with E-state index < -0.39 is 0 Å². The van der Waals surface area contributed by atoms with E-state index in [1.807, 2.05) is 35.2 Å². The topological polar surface area (TPSA) is 95.5 Å². The third-order valence-electron chi connectivity index (χ3n) is 6.66. The lowest BCUT2D eigenvalue weighted by molar-refractivity contribution is -0.141. The van der Waals surface area contributed by atoms with E-state index in [0.717, 1.165) is 18.4 Å². The molecule has 0 unspecified atom stereocenters. The van der Waals surface area contributed by atoms with Crippen LogP contribution in [0.2, 0.25) is 0 Å². The van der Waals surface area contributed by atoms with Crippen LogP contribution in [0, 0.1) is 12.8 Å². The quantitative estimate of drug-likeness (QED) is 0.757. The number of piperidine rings is 1. The monoisotopic (exact) mass is 449 g/mol. The third-order valence-corrected chi connectivity index (χ3v) is 6.66. The number of carbonyl (C=O) groups is 3. The van der Waals surface area contributed by atoms with Crippen molar-refractivity contribution < 1.29 is 14.4 Å². The van der Waals surface area contributed by atoms with Gasteiger partial charge in [0.1, 0.15) is 0 Å². The Hall–Kier alpha value is -3.29. The molecule has 2 saturated heterocycles. The van der Waals surface area contributed by atoms with Gasteiger partial charge in [-0.2, -0.15) is 0 Å². The summed E-state index contributed by atoms with van der Waals surface area (Å²) < 4.78 is 0. The summed E-state index contributed by atoms with van der Waals surface area (Å²) in [6.07, 6.45) is 4.69. The van der Waals surface area contributed by atoms with Crippen LogP contribution >= 0.6 is 0 Å². The molecule has 8 nitrogen and oxygen atoms in total. The van der Waals surface area contributed by atoms with Crippen molar-refractivity contribution in [2.24, 2.45) is 5.92 Å². The molecule has 1 aromatic carbocycles. The number of likely N-dealkylation sites (tertiary alicyclic amines) is 2. The molecular formula is C25H31N5O3. The van der Waals surface area contributed by atoms with Crippen molar-refractivity contribution in [1.29, 1.82) is 0 Å². The van der Waals surface area contributed by atoms with Gasteiger partial charge in [-0.25, -0.2) is 9.97 Å².